The number of hydrogen-bond donors (Lipinski definition) is 2. The van der Waals surface area contributed by atoms with Gasteiger partial charge in [0.25, 0.3) is 5.91 Å². The maximum atomic E-state index is 13.9. The molecule has 1 atom stereocenters. The molecule has 1 aromatic heterocycles. The number of anilines is 2. The monoisotopic (exact) mass is 461 g/mol. The Kier molecular flexibility index (Phi) is 6.23. The first-order chi connectivity index (χ1) is 16.3. The van der Waals surface area contributed by atoms with E-state index in [0.29, 0.717) is 33.9 Å². The zero-order valence-corrected chi connectivity index (χ0v) is 19.1. The molecule has 174 valence electrons. The zero-order chi connectivity index (χ0) is 24.4. The van der Waals surface area contributed by atoms with Crippen LogP contribution >= 0.6 is 0 Å². The molecule has 0 saturated heterocycles. The molecule has 3 aromatic rings. The van der Waals surface area contributed by atoms with Crippen LogP contribution in [0.1, 0.15) is 16.8 Å². The van der Waals surface area contributed by atoms with Gasteiger partial charge in [-0.25, -0.2) is 4.39 Å². The van der Waals surface area contributed by atoms with E-state index in [1.807, 2.05) is 19.1 Å². The van der Waals surface area contributed by atoms with Crippen molar-refractivity contribution < 1.29 is 18.7 Å². The first-order valence-corrected chi connectivity index (χ1v) is 10.7. The maximum absolute atomic E-state index is 13.9. The third kappa shape index (κ3) is 4.18. The highest BCUT2D eigenvalue weighted by atomic mass is 19.1. The van der Waals surface area contributed by atoms with Crippen molar-refractivity contribution in [1.29, 1.82) is 5.26 Å². The number of nitrogens with one attached hydrogen (secondary N) is 2. The minimum atomic E-state index is -0.775. The van der Waals surface area contributed by atoms with Crippen LogP contribution in [0.25, 0.3) is 5.69 Å². The van der Waals surface area contributed by atoms with Crippen LogP contribution in [0.15, 0.2) is 48.5 Å². The number of nitrogens with zero attached hydrogens (tertiary/aromatic N) is 3. The van der Waals surface area contributed by atoms with E-state index in [2.05, 4.69) is 16.7 Å². The zero-order valence-electron chi connectivity index (χ0n) is 19.1. The molecule has 2 heterocycles. The number of carbonyl (C=O) groups is 2. The largest absolute Gasteiger partial charge is 0.477 e. The molecule has 0 spiro atoms. The van der Waals surface area contributed by atoms with Gasteiger partial charge in [0.2, 0.25) is 5.91 Å². The average molecular weight is 461 g/mol. The minimum absolute atomic E-state index is 0.0782. The first-order valence-electron chi connectivity index (χ1n) is 10.7. The van der Waals surface area contributed by atoms with Crippen molar-refractivity contribution in [2.75, 3.05) is 30.4 Å². The van der Waals surface area contributed by atoms with Gasteiger partial charge in [0.15, 0.2) is 6.10 Å². The number of para-hydroxylation sites is 2. The summed E-state index contributed by atoms with van der Waals surface area (Å²) >= 11 is 0. The number of aromatic nitrogens is 1. The molecule has 1 aliphatic heterocycles. The van der Waals surface area contributed by atoms with E-state index in [1.165, 1.54) is 19.2 Å². The molecular weight excluding hydrogens is 437 g/mol. The van der Waals surface area contributed by atoms with Crippen LogP contribution in [0.2, 0.25) is 0 Å². The van der Waals surface area contributed by atoms with Gasteiger partial charge in [-0.2, -0.15) is 5.26 Å². The van der Waals surface area contributed by atoms with E-state index in [-0.39, 0.29) is 30.7 Å². The summed E-state index contributed by atoms with van der Waals surface area (Å²) in [6.45, 7) is 3.69. The number of ether oxygens (including phenoxy) is 1. The standard InChI is InChI=1S/C25H24FN5O3/c1-15-16(2)31(18-8-6-7-17(26)11-18)24(19(15)12-27)29-23(32)14-30-13-22(25(33)28-3)34-21-10-5-4-9-20(21)30/h4-11,22H,13-14H2,1-3H3,(H,28,33)(H,29,32). The van der Waals surface area contributed by atoms with E-state index in [4.69, 9.17) is 4.74 Å². The Labute approximate surface area is 196 Å². The Morgan fingerprint density at radius 3 is 2.68 bits per heavy atom. The van der Waals surface area contributed by atoms with Gasteiger partial charge in [-0.15, -0.1) is 0 Å². The number of hydrogen-bond acceptors (Lipinski definition) is 5. The number of halogens is 1. The summed E-state index contributed by atoms with van der Waals surface area (Å²) in [7, 11) is 1.53. The summed E-state index contributed by atoms with van der Waals surface area (Å²) in [6, 6.07) is 15.3. The summed E-state index contributed by atoms with van der Waals surface area (Å²) in [4.78, 5) is 27.2. The second-order valence-corrected chi connectivity index (χ2v) is 7.98. The SMILES string of the molecule is CNC(=O)C1CN(CC(=O)Nc2c(C#N)c(C)c(C)n2-c2cccc(F)c2)c2ccccc2O1. The molecule has 1 aliphatic rings. The Morgan fingerprint density at radius 1 is 1.21 bits per heavy atom. The lowest BCUT2D eigenvalue weighted by molar-refractivity contribution is -0.127. The van der Waals surface area contributed by atoms with Crippen LogP contribution in [-0.4, -0.2) is 42.6 Å². The van der Waals surface area contributed by atoms with E-state index in [0.717, 1.165) is 0 Å². The molecular formula is C25H24FN5O3. The molecule has 34 heavy (non-hydrogen) atoms. The van der Waals surface area contributed by atoms with E-state index in [1.54, 1.807) is 40.7 Å². The second kappa shape index (κ2) is 9.27. The van der Waals surface area contributed by atoms with Crippen molar-refractivity contribution in [3.8, 4) is 17.5 Å². The molecule has 2 amide bonds. The van der Waals surface area contributed by atoms with Crippen molar-refractivity contribution in [2.45, 2.75) is 20.0 Å². The van der Waals surface area contributed by atoms with E-state index < -0.39 is 11.9 Å². The van der Waals surface area contributed by atoms with Crippen molar-refractivity contribution >= 4 is 23.3 Å². The van der Waals surface area contributed by atoms with Gasteiger partial charge in [-0.1, -0.05) is 18.2 Å². The minimum Gasteiger partial charge on any atom is -0.477 e. The fourth-order valence-corrected chi connectivity index (χ4v) is 4.10. The highest BCUT2D eigenvalue weighted by molar-refractivity contribution is 5.96. The summed E-state index contributed by atoms with van der Waals surface area (Å²) in [5, 5.41) is 15.2. The van der Waals surface area contributed by atoms with Crippen molar-refractivity contribution in [3.63, 3.8) is 0 Å². The Bertz CT molecular complexity index is 1310. The quantitative estimate of drug-likeness (QED) is 0.609. The summed E-state index contributed by atoms with van der Waals surface area (Å²) in [6.07, 6.45) is -0.775. The van der Waals surface area contributed by atoms with Gasteiger partial charge in [0.1, 0.15) is 23.5 Å². The van der Waals surface area contributed by atoms with Crippen molar-refractivity contribution in [2.24, 2.45) is 0 Å². The van der Waals surface area contributed by atoms with Crippen LogP contribution in [0.4, 0.5) is 15.9 Å². The third-order valence-electron chi connectivity index (χ3n) is 5.88. The lowest BCUT2D eigenvalue weighted by atomic mass is 10.1. The van der Waals surface area contributed by atoms with Crippen LogP contribution in [0.5, 0.6) is 5.75 Å². The molecule has 0 fully saturated rings. The molecule has 0 bridgehead atoms. The first kappa shape index (κ1) is 22.9. The van der Waals surface area contributed by atoms with Gasteiger partial charge in [-0.3, -0.25) is 14.2 Å². The van der Waals surface area contributed by atoms with Gasteiger partial charge in [0.05, 0.1) is 30.0 Å². The lowest BCUT2D eigenvalue weighted by Crippen LogP contribution is -2.50. The smallest absolute Gasteiger partial charge is 0.262 e. The van der Waals surface area contributed by atoms with Gasteiger partial charge >= 0.3 is 0 Å². The van der Waals surface area contributed by atoms with Crippen LogP contribution in [0.3, 0.4) is 0 Å². The molecule has 8 nitrogen and oxygen atoms in total. The van der Waals surface area contributed by atoms with Gasteiger partial charge < -0.3 is 20.3 Å². The number of likely N-dealkylation sites (N-methyl/N-ethyl adjacent to an activating group) is 1. The van der Waals surface area contributed by atoms with Crippen molar-refractivity contribution in [1.82, 2.24) is 9.88 Å². The molecule has 4 rings (SSSR count). The Morgan fingerprint density at radius 2 is 1.97 bits per heavy atom. The predicted octanol–water partition coefficient (Wildman–Crippen LogP) is 3.06. The maximum Gasteiger partial charge on any atom is 0.262 e. The molecule has 0 saturated carbocycles. The lowest BCUT2D eigenvalue weighted by Gasteiger charge is -2.35. The van der Waals surface area contributed by atoms with Crippen molar-refractivity contribution in [3.05, 3.63) is 71.2 Å². The molecule has 1 unspecified atom stereocenters. The van der Waals surface area contributed by atoms with E-state index in [9.17, 15) is 19.2 Å². The summed E-state index contributed by atoms with van der Waals surface area (Å²) < 4.78 is 21.4. The number of amides is 2. The van der Waals surface area contributed by atoms with Crippen LogP contribution in [0, 0.1) is 31.0 Å². The van der Waals surface area contributed by atoms with E-state index >= 15 is 0 Å². The molecule has 0 radical (unpaired) electrons. The number of carbonyl (C=O) groups excluding carboxylic acids is 2. The Hall–Kier alpha value is -4.32. The number of rotatable bonds is 5. The fourth-order valence-electron chi connectivity index (χ4n) is 4.10. The predicted molar refractivity (Wildman–Crippen MR) is 126 cm³/mol. The molecule has 2 aromatic carbocycles. The number of fused-ring (bicyclic) bond motifs is 1. The summed E-state index contributed by atoms with van der Waals surface area (Å²) in [5.41, 5.74) is 2.90. The summed E-state index contributed by atoms with van der Waals surface area (Å²) in [5.74, 6) is -0.332. The highest BCUT2D eigenvalue weighted by Crippen LogP contribution is 2.34. The number of nitriles is 1. The van der Waals surface area contributed by atoms with Gasteiger partial charge in [0, 0.05) is 12.7 Å². The third-order valence-corrected chi connectivity index (χ3v) is 5.88. The van der Waals surface area contributed by atoms with Crippen LogP contribution in [-0.2, 0) is 9.59 Å². The molecule has 2 N–H and O–H groups in total. The average Bonchev–Trinajstić information content (AvgIpc) is 3.06. The fraction of sp³-hybridized carbons (Fsp3) is 0.240. The molecule has 0 aliphatic carbocycles. The van der Waals surface area contributed by atoms with Crippen LogP contribution < -0.4 is 20.3 Å². The number of benzene rings is 2. The normalized spacial score (nSPS) is 14.6. The highest BCUT2D eigenvalue weighted by Gasteiger charge is 2.31. The Balaban J connectivity index is 1.66. The topological polar surface area (TPSA) is 99.4 Å². The molecule has 9 heteroatoms. The van der Waals surface area contributed by atoms with Gasteiger partial charge in [-0.05, 0) is 49.7 Å². The second-order valence-electron chi connectivity index (χ2n) is 7.98.